The number of halogens is 1. The first-order valence-electron chi connectivity index (χ1n) is 12.4. The van der Waals surface area contributed by atoms with Crippen LogP contribution in [0, 0.1) is 5.92 Å². The molecule has 180 valence electrons. The fourth-order valence-corrected chi connectivity index (χ4v) is 5.30. The Hall–Kier alpha value is -1.29. The maximum Gasteiger partial charge on any atom is 0.225 e. The fraction of sp³-hybridized carbons (Fsp3) is 0.750. The van der Waals surface area contributed by atoms with E-state index in [1.807, 2.05) is 6.07 Å². The molecule has 1 aromatic heterocycles. The summed E-state index contributed by atoms with van der Waals surface area (Å²) in [4.78, 5) is 22.4. The second kappa shape index (κ2) is 12.8. The maximum absolute atomic E-state index is 12.9. The molecule has 1 amide bonds. The van der Waals surface area contributed by atoms with Gasteiger partial charge in [-0.25, -0.2) is 0 Å². The van der Waals surface area contributed by atoms with Gasteiger partial charge in [0.15, 0.2) is 5.96 Å². The van der Waals surface area contributed by atoms with Gasteiger partial charge in [0.1, 0.15) is 5.76 Å². The molecule has 0 aromatic carbocycles. The molecule has 0 spiro atoms. The number of hydrogen-bond donors (Lipinski definition) is 2. The van der Waals surface area contributed by atoms with Crippen molar-refractivity contribution in [2.45, 2.75) is 70.4 Å². The smallest absolute Gasteiger partial charge is 0.225 e. The van der Waals surface area contributed by atoms with Crippen LogP contribution in [-0.4, -0.2) is 67.0 Å². The number of amides is 1. The van der Waals surface area contributed by atoms with Gasteiger partial charge in [0.2, 0.25) is 5.91 Å². The first-order valence-corrected chi connectivity index (χ1v) is 12.4. The van der Waals surface area contributed by atoms with Crippen LogP contribution in [0.1, 0.15) is 70.1 Å². The molecule has 0 radical (unpaired) electrons. The summed E-state index contributed by atoms with van der Waals surface area (Å²) in [7, 11) is 0. The van der Waals surface area contributed by atoms with E-state index in [1.54, 1.807) is 6.26 Å². The minimum Gasteiger partial charge on any atom is -0.468 e. The van der Waals surface area contributed by atoms with Crippen LogP contribution in [0.4, 0.5) is 0 Å². The molecule has 2 aliphatic heterocycles. The number of likely N-dealkylation sites (tertiary alicyclic amines) is 2. The van der Waals surface area contributed by atoms with Gasteiger partial charge in [0.05, 0.1) is 18.8 Å². The number of aliphatic imine (C=N–C) groups is 1. The van der Waals surface area contributed by atoms with Crippen molar-refractivity contribution in [3.8, 4) is 0 Å². The Morgan fingerprint density at radius 1 is 1.16 bits per heavy atom. The third-order valence-electron chi connectivity index (χ3n) is 7.01. The van der Waals surface area contributed by atoms with Crippen LogP contribution in [0.5, 0.6) is 0 Å². The Balaban J connectivity index is 0.00000289. The van der Waals surface area contributed by atoms with Gasteiger partial charge in [-0.15, -0.1) is 24.0 Å². The lowest BCUT2D eigenvalue weighted by Gasteiger charge is -2.27. The van der Waals surface area contributed by atoms with Crippen molar-refractivity contribution < 1.29 is 9.21 Å². The van der Waals surface area contributed by atoms with Crippen molar-refractivity contribution in [1.82, 2.24) is 20.4 Å². The zero-order valence-corrected chi connectivity index (χ0v) is 21.8. The van der Waals surface area contributed by atoms with Gasteiger partial charge < -0.3 is 20.0 Å². The van der Waals surface area contributed by atoms with Crippen molar-refractivity contribution in [2.75, 3.05) is 39.3 Å². The van der Waals surface area contributed by atoms with Gasteiger partial charge in [-0.2, -0.15) is 0 Å². The van der Waals surface area contributed by atoms with Gasteiger partial charge in [-0.05, 0) is 64.3 Å². The van der Waals surface area contributed by atoms with Crippen molar-refractivity contribution in [1.29, 1.82) is 0 Å². The Labute approximate surface area is 209 Å². The molecule has 32 heavy (non-hydrogen) atoms. The van der Waals surface area contributed by atoms with E-state index < -0.39 is 0 Å². The van der Waals surface area contributed by atoms with E-state index in [-0.39, 0.29) is 42.0 Å². The highest BCUT2D eigenvalue weighted by Crippen LogP contribution is 2.27. The first-order chi connectivity index (χ1) is 15.2. The summed E-state index contributed by atoms with van der Waals surface area (Å²) in [6.07, 6.45) is 11.1. The predicted molar refractivity (Wildman–Crippen MR) is 138 cm³/mol. The second-order valence-electron chi connectivity index (χ2n) is 9.24. The molecular weight excluding hydrogens is 517 g/mol. The third kappa shape index (κ3) is 6.62. The van der Waals surface area contributed by atoms with Crippen LogP contribution in [-0.2, 0) is 4.79 Å². The van der Waals surface area contributed by atoms with Crippen LogP contribution in [0.3, 0.4) is 0 Å². The second-order valence-corrected chi connectivity index (χ2v) is 9.24. The topological polar surface area (TPSA) is 73.1 Å². The molecule has 1 aliphatic carbocycles. The maximum atomic E-state index is 12.9. The Morgan fingerprint density at radius 2 is 1.94 bits per heavy atom. The van der Waals surface area contributed by atoms with Crippen LogP contribution in [0.15, 0.2) is 27.8 Å². The molecule has 8 heteroatoms. The molecule has 7 nitrogen and oxygen atoms in total. The van der Waals surface area contributed by atoms with E-state index >= 15 is 0 Å². The lowest BCUT2D eigenvalue weighted by atomic mass is 9.88. The molecule has 1 saturated carbocycles. The lowest BCUT2D eigenvalue weighted by Crippen LogP contribution is -2.46. The van der Waals surface area contributed by atoms with Crippen LogP contribution < -0.4 is 10.6 Å². The Kier molecular flexibility index (Phi) is 10.1. The molecule has 3 heterocycles. The number of furan rings is 1. The average Bonchev–Trinajstić information content (AvgIpc) is 3.57. The molecule has 1 aromatic rings. The summed E-state index contributed by atoms with van der Waals surface area (Å²) in [5.74, 6) is 2.46. The van der Waals surface area contributed by atoms with Crippen molar-refractivity contribution >= 4 is 35.8 Å². The number of carbonyl (C=O) groups is 1. The zero-order chi connectivity index (χ0) is 21.5. The standard InChI is InChI=1S/C24H39N5O2.HI/c1-2-25-24(26-17-21(22-11-8-16-31-22)28-13-6-7-14-28)27-20-12-15-29(18-20)23(30)19-9-4-3-5-10-19;/h8,11,16,19-21H,2-7,9-10,12-15,17-18H2,1H3,(H2,25,26,27);1H. The Morgan fingerprint density at radius 3 is 2.62 bits per heavy atom. The third-order valence-corrected chi connectivity index (χ3v) is 7.01. The molecule has 2 N–H and O–H groups in total. The molecule has 3 fully saturated rings. The molecule has 3 aliphatic rings. The van der Waals surface area contributed by atoms with Gasteiger partial charge in [-0.3, -0.25) is 14.7 Å². The summed E-state index contributed by atoms with van der Waals surface area (Å²) in [5, 5.41) is 6.99. The van der Waals surface area contributed by atoms with E-state index in [0.29, 0.717) is 12.5 Å². The van der Waals surface area contributed by atoms with Gasteiger partial charge in [-0.1, -0.05) is 19.3 Å². The van der Waals surface area contributed by atoms with E-state index in [9.17, 15) is 4.79 Å². The number of guanidine groups is 1. The minimum absolute atomic E-state index is 0. The summed E-state index contributed by atoms with van der Waals surface area (Å²) >= 11 is 0. The fourth-order valence-electron chi connectivity index (χ4n) is 5.30. The highest BCUT2D eigenvalue weighted by atomic mass is 127. The number of nitrogens with one attached hydrogen (secondary N) is 2. The monoisotopic (exact) mass is 557 g/mol. The average molecular weight is 558 g/mol. The lowest BCUT2D eigenvalue weighted by molar-refractivity contribution is -0.135. The van der Waals surface area contributed by atoms with E-state index in [1.165, 1.54) is 32.1 Å². The van der Waals surface area contributed by atoms with Gasteiger partial charge >= 0.3 is 0 Å². The minimum atomic E-state index is 0. The first kappa shape index (κ1) is 25.3. The molecule has 4 rings (SSSR count). The summed E-state index contributed by atoms with van der Waals surface area (Å²) in [6, 6.07) is 4.46. The molecule has 0 bridgehead atoms. The van der Waals surface area contributed by atoms with Crippen LogP contribution >= 0.6 is 24.0 Å². The summed E-state index contributed by atoms with van der Waals surface area (Å²) in [5.41, 5.74) is 0. The number of rotatable bonds is 7. The van der Waals surface area contributed by atoms with Crippen molar-refractivity contribution in [3.05, 3.63) is 24.2 Å². The Bertz CT molecular complexity index is 714. The number of carbonyl (C=O) groups excluding carboxylic acids is 1. The van der Waals surface area contributed by atoms with Gasteiger partial charge in [0, 0.05) is 31.6 Å². The highest BCUT2D eigenvalue weighted by molar-refractivity contribution is 14.0. The number of nitrogens with zero attached hydrogens (tertiary/aromatic N) is 3. The molecule has 2 unspecified atom stereocenters. The summed E-state index contributed by atoms with van der Waals surface area (Å²) < 4.78 is 5.74. The van der Waals surface area contributed by atoms with Crippen LogP contribution in [0.2, 0.25) is 0 Å². The normalized spacial score (nSPS) is 23.7. The largest absolute Gasteiger partial charge is 0.468 e. The highest BCUT2D eigenvalue weighted by Gasteiger charge is 2.32. The van der Waals surface area contributed by atoms with Crippen molar-refractivity contribution in [2.24, 2.45) is 10.9 Å². The zero-order valence-electron chi connectivity index (χ0n) is 19.4. The SMILES string of the molecule is CCNC(=NCC(c1ccco1)N1CCCC1)NC1CCN(C(=O)C2CCCCC2)C1.I. The number of hydrogen-bond acceptors (Lipinski definition) is 4. The van der Waals surface area contributed by atoms with Crippen LogP contribution in [0.25, 0.3) is 0 Å². The van der Waals surface area contributed by atoms with Crippen molar-refractivity contribution in [3.63, 3.8) is 0 Å². The van der Waals surface area contributed by atoms with E-state index in [2.05, 4.69) is 33.4 Å². The summed E-state index contributed by atoms with van der Waals surface area (Å²) in [6.45, 7) is 7.42. The van der Waals surface area contributed by atoms with Gasteiger partial charge in [0.25, 0.3) is 0 Å². The predicted octanol–water partition coefficient (Wildman–Crippen LogP) is 3.77. The molecule has 2 saturated heterocycles. The molecule has 2 atom stereocenters. The van der Waals surface area contributed by atoms with E-state index in [0.717, 1.165) is 63.7 Å². The molecular formula is C24H40IN5O2. The quantitative estimate of drug-likeness (QED) is 0.304. The van der Waals surface area contributed by atoms with E-state index in [4.69, 9.17) is 9.41 Å².